The summed E-state index contributed by atoms with van der Waals surface area (Å²) in [6.45, 7) is 6.38. The summed E-state index contributed by atoms with van der Waals surface area (Å²) < 4.78 is 3.43. The van der Waals surface area contributed by atoms with Crippen LogP contribution in [0.15, 0.2) is 41.0 Å². The summed E-state index contributed by atoms with van der Waals surface area (Å²) in [5.74, 6) is 0.322. The Hall–Kier alpha value is -1.59. The summed E-state index contributed by atoms with van der Waals surface area (Å²) in [7, 11) is 0. The molecule has 5 heteroatoms. The first-order valence-electron chi connectivity index (χ1n) is 9.15. The fourth-order valence-corrected chi connectivity index (χ4v) is 4.19. The van der Waals surface area contributed by atoms with E-state index in [0.717, 1.165) is 68.6 Å². The number of halogens is 1. The lowest BCUT2D eigenvalue weighted by Crippen LogP contribution is -2.47. The maximum absolute atomic E-state index is 12.0. The van der Waals surface area contributed by atoms with Crippen molar-refractivity contribution in [3.05, 3.63) is 52.3 Å². The van der Waals surface area contributed by atoms with Crippen molar-refractivity contribution >= 4 is 27.4 Å². The Bertz CT molecular complexity index is 745. The maximum atomic E-state index is 12.0. The number of Topliss-reactive ketones (excluding diaryl/α,β-unsaturated/α-hetero) is 1. The zero-order chi connectivity index (χ0) is 17.2. The van der Waals surface area contributed by atoms with Crippen molar-refractivity contribution in [3.8, 4) is 0 Å². The van der Waals surface area contributed by atoms with E-state index in [-0.39, 0.29) is 0 Å². The van der Waals surface area contributed by atoms with Crippen molar-refractivity contribution in [1.29, 1.82) is 0 Å². The van der Waals surface area contributed by atoms with E-state index >= 15 is 0 Å². The zero-order valence-corrected chi connectivity index (χ0v) is 16.0. The van der Waals surface area contributed by atoms with Crippen LogP contribution in [-0.4, -0.2) is 48.0 Å². The van der Waals surface area contributed by atoms with E-state index in [1.807, 2.05) is 6.07 Å². The van der Waals surface area contributed by atoms with Gasteiger partial charge in [0.15, 0.2) is 5.78 Å². The zero-order valence-electron chi connectivity index (χ0n) is 14.5. The highest BCUT2D eigenvalue weighted by atomic mass is 79.9. The predicted molar refractivity (Wildman–Crippen MR) is 104 cm³/mol. The molecule has 1 aromatic heterocycles. The summed E-state index contributed by atoms with van der Waals surface area (Å²) >= 11 is 3.50. The lowest BCUT2D eigenvalue weighted by Gasteiger charge is -2.36. The Labute approximate surface area is 157 Å². The van der Waals surface area contributed by atoms with Crippen molar-refractivity contribution in [2.24, 2.45) is 0 Å². The highest BCUT2D eigenvalue weighted by Crippen LogP contribution is 2.23. The SMILES string of the molecule is O=C1CCCc2c1ccn2CCN1CCN(c2ccc(Br)cc2)CC1. The number of hydrogen-bond acceptors (Lipinski definition) is 3. The number of rotatable bonds is 4. The number of nitrogens with zero attached hydrogens (tertiary/aromatic N) is 3. The molecule has 0 bridgehead atoms. The van der Waals surface area contributed by atoms with Crippen LogP contribution in [-0.2, 0) is 13.0 Å². The second-order valence-electron chi connectivity index (χ2n) is 6.95. The first-order chi connectivity index (χ1) is 12.2. The second kappa shape index (κ2) is 7.34. The first-order valence-corrected chi connectivity index (χ1v) is 9.94. The molecule has 4 nitrogen and oxygen atoms in total. The molecule has 1 aliphatic heterocycles. The van der Waals surface area contributed by atoms with Crippen LogP contribution in [0.1, 0.15) is 28.9 Å². The van der Waals surface area contributed by atoms with Crippen molar-refractivity contribution in [3.63, 3.8) is 0 Å². The van der Waals surface area contributed by atoms with Crippen LogP contribution in [0.5, 0.6) is 0 Å². The number of benzene rings is 1. The lowest BCUT2D eigenvalue weighted by molar-refractivity contribution is 0.0971. The van der Waals surface area contributed by atoms with Gasteiger partial charge in [-0.25, -0.2) is 0 Å². The molecule has 0 saturated carbocycles. The maximum Gasteiger partial charge on any atom is 0.164 e. The monoisotopic (exact) mass is 401 g/mol. The Morgan fingerprint density at radius 3 is 2.44 bits per heavy atom. The van der Waals surface area contributed by atoms with Crippen molar-refractivity contribution in [2.45, 2.75) is 25.8 Å². The molecule has 0 atom stereocenters. The molecule has 0 radical (unpaired) electrons. The van der Waals surface area contributed by atoms with Gasteiger partial charge in [-0.3, -0.25) is 9.69 Å². The van der Waals surface area contributed by atoms with Gasteiger partial charge in [0.2, 0.25) is 0 Å². The van der Waals surface area contributed by atoms with Crippen LogP contribution in [0.2, 0.25) is 0 Å². The summed E-state index contributed by atoms with van der Waals surface area (Å²) in [5, 5.41) is 0. The van der Waals surface area contributed by atoms with E-state index in [4.69, 9.17) is 0 Å². The quantitative estimate of drug-likeness (QED) is 0.783. The van der Waals surface area contributed by atoms with Gasteiger partial charge in [0, 0.05) is 73.3 Å². The minimum absolute atomic E-state index is 0.322. The number of anilines is 1. The molecular formula is C20H24BrN3O. The smallest absolute Gasteiger partial charge is 0.164 e. The van der Waals surface area contributed by atoms with Gasteiger partial charge in [0.1, 0.15) is 0 Å². The fraction of sp³-hybridized carbons (Fsp3) is 0.450. The molecular weight excluding hydrogens is 378 g/mol. The van der Waals surface area contributed by atoms with Gasteiger partial charge in [-0.2, -0.15) is 0 Å². The van der Waals surface area contributed by atoms with Gasteiger partial charge in [0.25, 0.3) is 0 Å². The predicted octanol–water partition coefficient (Wildman–Crippen LogP) is 3.59. The van der Waals surface area contributed by atoms with Gasteiger partial charge in [-0.15, -0.1) is 0 Å². The average Bonchev–Trinajstić information content (AvgIpc) is 3.06. The Kier molecular flexibility index (Phi) is 4.95. The Morgan fingerprint density at radius 1 is 0.920 bits per heavy atom. The van der Waals surface area contributed by atoms with Crippen molar-refractivity contribution in [1.82, 2.24) is 9.47 Å². The van der Waals surface area contributed by atoms with Gasteiger partial charge < -0.3 is 9.47 Å². The number of ketones is 1. The standard InChI is InChI=1S/C20H24BrN3O/c21-16-4-6-17(7-5-16)23-13-10-22(11-14-23)12-15-24-9-8-18-19(24)2-1-3-20(18)25/h4-9H,1-3,10-15H2. The number of carbonyl (C=O) groups excluding carboxylic acids is 1. The molecule has 25 heavy (non-hydrogen) atoms. The van der Waals surface area contributed by atoms with E-state index in [0.29, 0.717) is 5.78 Å². The van der Waals surface area contributed by atoms with E-state index in [1.165, 1.54) is 11.4 Å². The first kappa shape index (κ1) is 16.9. The van der Waals surface area contributed by atoms with Crippen LogP contribution in [0.4, 0.5) is 5.69 Å². The third-order valence-corrected chi connectivity index (χ3v) is 5.95. The molecule has 2 heterocycles. The van der Waals surface area contributed by atoms with Crippen molar-refractivity contribution in [2.75, 3.05) is 37.6 Å². The molecule has 1 aromatic carbocycles. The highest BCUT2D eigenvalue weighted by Gasteiger charge is 2.21. The average molecular weight is 402 g/mol. The van der Waals surface area contributed by atoms with Gasteiger partial charge >= 0.3 is 0 Å². The topological polar surface area (TPSA) is 28.5 Å². The molecule has 0 spiro atoms. The number of aromatic nitrogens is 1. The van der Waals surface area contributed by atoms with Crippen LogP contribution < -0.4 is 4.90 Å². The van der Waals surface area contributed by atoms with Crippen LogP contribution in [0.3, 0.4) is 0 Å². The molecule has 0 amide bonds. The largest absolute Gasteiger partial charge is 0.369 e. The molecule has 1 fully saturated rings. The fourth-order valence-electron chi connectivity index (χ4n) is 3.93. The molecule has 0 unspecified atom stereocenters. The number of fused-ring (bicyclic) bond motifs is 1. The second-order valence-corrected chi connectivity index (χ2v) is 7.87. The molecule has 2 aliphatic rings. The molecule has 4 rings (SSSR count). The van der Waals surface area contributed by atoms with Crippen LogP contribution in [0.25, 0.3) is 0 Å². The molecule has 2 aromatic rings. The summed E-state index contributed by atoms with van der Waals surface area (Å²) in [6, 6.07) is 10.6. The van der Waals surface area contributed by atoms with Crippen LogP contribution >= 0.6 is 15.9 Å². The summed E-state index contributed by atoms with van der Waals surface area (Å²) in [4.78, 5) is 17.0. The third kappa shape index (κ3) is 3.67. The van der Waals surface area contributed by atoms with E-state index < -0.39 is 0 Å². The summed E-state index contributed by atoms with van der Waals surface area (Å²) in [5.41, 5.74) is 3.52. The minimum Gasteiger partial charge on any atom is -0.369 e. The Morgan fingerprint density at radius 2 is 1.68 bits per heavy atom. The number of carbonyl (C=O) groups is 1. The summed E-state index contributed by atoms with van der Waals surface area (Å²) in [6.07, 6.45) is 4.87. The molecule has 1 aliphatic carbocycles. The highest BCUT2D eigenvalue weighted by molar-refractivity contribution is 9.10. The van der Waals surface area contributed by atoms with Gasteiger partial charge in [-0.05, 0) is 43.2 Å². The van der Waals surface area contributed by atoms with Gasteiger partial charge in [-0.1, -0.05) is 15.9 Å². The van der Waals surface area contributed by atoms with E-state index in [1.54, 1.807) is 0 Å². The molecule has 132 valence electrons. The normalized spacial score (nSPS) is 18.4. The lowest BCUT2D eigenvalue weighted by atomic mass is 9.97. The Balaban J connectivity index is 1.31. The van der Waals surface area contributed by atoms with Gasteiger partial charge in [0.05, 0.1) is 0 Å². The molecule has 0 N–H and O–H groups in total. The third-order valence-electron chi connectivity index (χ3n) is 5.42. The molecule has 1 saturated heterocycles. The van der Waals surface area contributed by atoms with Crippen molar-refractivity contribution < 1.29 is 4.79 Å². The van der Waals surface area contributed by atoms with Crippen LogP contribution in [0, 0.1) is 0 Å². The number of hydrogen-bond donors (Lipinski definition) is 0. The number of piperazine rings is 1. The van der Waals surface area contributed by atoms with E-state index in [2.05, 4.69) is 60.8 Å². The van der Waals surface area contributed by atoms with E-state index in [9.17, 15) is 4.79 Å². The minimum atomic E-state index is 0.322.